The summed E-state index contributed by atoms with van der Waals surface area (Å²) in [6.45, 7) is 2.38. The Bertz CT molecular complexity index is 223. The second-order valence-corrected chi connectivity index (χ2v) is 4.28. The molecule has 0 radical (unpaired) electrons. The first kappa shape index (κ1) is 15.2. The Morgan fingerprint density at radius 3 is 2.69 bits per heavy atom. The molecule has 0 heterocycles. The lowest BCUT2D eigenvalue weighted by molar-refractivity contribution is -0.142. The zero-order valence-corrected chi connectivity index (χ0v) is 10.5. The van der Waals surface area contributed by atoms with Gasteiger partial charge in [0.25, 0.3) is 0 Å². The van der Waals surface area contributed by atoms with E-state index >= 15 is 0 Å². The largest absolute Gasteiger partial charge is 0.480 e. The maximum atomic E-state index is 11.3. The molecule has 0 aromatic rings. The van der Waals surface area contributed by atoms with Crippen molar-refractivity contribution >= 4 is 23.6 Å². The van der Waals surface area contributed by atoms with E-state index in [4.69, 9.17) is 9.84 Å². The van der Waals surface area contributed by atoms with Gasteiger partial charge in [-0.25, -0.2) is 4.79 Å². The van der Waals surface area contributed by atoms with E-state index < -0.39 is 12.0 Å². The fourth-order valence-corrected chi connectivity index (χ4v) is 1.51. The third-order valence-electron chi connectivity index (χ3n) is 1.83. The second kappa shape index (κ2) is 9.47. The molecule has 6 heteroatoms. The maximum absolute atomic E-state index is 11.3. The Balaban J connectivity index is 3.88. The molecule has 2 N–H and O–H groups in total. The summed E-state index contributed by atoms with van der Waals surface area (Å²) in [5, 5.41) is 11.3. The van der Waals surface area contributed by atoms with Gasteiger partial charge in [-0.15, -0.1) is 0 Å². The second-order valence-electron chi connectivity index (χ2n) is 3.29. The molecule has 1 amide bonds. The number of hydrogen-bond donors (Lipinski definition) is 2. The minimum atomic E-state index is -1.00. The Morgan fingerprint density at radius 1 is 1.50 bits per heavy atom. The predicted molar refractivity (Wildman–Crippen MR) is 63.7 cm³/mol. The van der Waals surface area contributed by atoms with Crippen LogP contribution in [0.3, 0.4) is 0 Å². The molecule has 1 atom stereocenters. The minimum absolute atomic E-state index is 0.0725. The van der Waals surface area contributed by atoms with Crippen LogP contribution in [0.25, 0.3) is 0 Å². The highest BCUT2D eigenvalue weighted by atomic mass is 32.2. The maximum Gasteiger partial charge on any atom is 0.326 e. The summed E-state index contributed by atoms with van der Waals surface area (Å²) in [5.41, 5.74) is 0. The van der Waals surface area contributed by atoms with E-state index in [2.05, 4.69) is 5.32 Å². The lowest BCUT2D eigenvalue weighted by atomic mass is 10.2. The van der Waals surface area contributed by atoms with Crippen LogP contribution in [0.5, 0.6) is 0 Å². The van der Waals surface area contributed by atoms with Crippen LogP contribution < -0.4 is 5.32 Å². The van der Waals surface area contributed by atoms with Gasteiger partial charge in [0.1, 0.15) is 12.6 Å². The molecule has 0 saturated heterocycles. The number of nitrogens with one attached hydrogen (secondary N) is 1. The normalized spacial score (nSPS) is 12.1. The third kappa shape index (κ3) is 7.53. The number of hydrogen-bond acceptors (Lipinski definition) is 4. The summed E-state index contributed by atoms with van der Waals surface area (Å²) < 4.78 is 5.02. The van der Waals surface area contributed by atoms with E-state index in [1.54, 1.807) is 11.8 Å². The molecule has 0 aromatic heterocycles. The van der Waals surface area contributed by atoms with E-state index in [1.807, 2.05) is 13.2 Å². The topological polar surface area (TPSA) is 75.6 Å². The molecular formula is C10H19NO4S. The van der Waals surface area contributed by atoms with Crippen molar-refractivity contribution in [3.05, 3.63) is 0 Å². The first-order valence-electron chi connectivity index (χ1n) is 5.20. The smallest absolute Gasteiger partial charge is 0.326 e. The first-order valence-corrected chi connectivity index (χ1v) is 6.60. The molecule has 0 aliphatic carbocycles. The van der Waals surface area contributed by atoms with Gasteiger partial charge in [0.2, 0.25) is 5.91 Å². The Labute approximate surface area is 99.9 Å². The van der Waals surface area contributed by atoms with Crippen LogP contribution in [-0.2, 0) is 14.3 Å². The average molecular weight is 249 g/mol. The van der Waals surface area contributed by atoms with E-state index in [-0.39, 0.29) is 12.5 Å². The molecule has 0 rings (SSSR count). The molecule has 0 spiro atoms. The molecule has 1 unspecified atom stereocenters. The van der Waals surface area contributed by atoms with Crippen LogP contribution in [0.2, 0.25) is 0 Å². The lowest BCUT2D eigenvalue weighted by Gasteiger charge is -2.13. The zero-order valence-electron chi connectivity index (χ0n) is 9.69. The predicted octanol–water partition coefficient (Wildman–Crippen LogP) is 0.735. The van der Waals surface area contributed by atoms with E-state index in [0.29, 0.717) is 18.8 Å². The number of aliphatic carboxylic acids is 1. The van der Waals surface area contributed by atoms with Crippen molar-refractivity contribution in [3.63, 3.8) is 0 Å². The number of carbonyl (C=O) groups excluding carboxylic acids is 1. The standard InChI is InChI=1S/C10H19NO4S/c1-3-5-15-7-9(12)11-8(10(13)14)4-6-16-2/h8H,3-7H2,1-2H3,(H,11,12)(H,13,14). The van der Waals surface area contributed by atoms with Gasteiger partial charge >= 0.3 is 5.97 Å². The quantitative estimate of drug-likeness (QED) is 0.589. The molecule has 0 fully saturated rings. The highest BCUT2D eigenvalue weighted by molar-refractivity contribution is 7.98. The molecule has 0 aliphatic rings. The van der Waals surface area contributed by atoms with Crippen molar-refractivity contribution in [2.45, 2.75) is 25.8 Å². The monoisotopic (exact) mass is 249 g/mol. The van der Waals surface area contributed by atoms with Crippen molar-refractivity contribution in [2.75, 3.05) is 25.2 Å². The summed E-state index contributed by atoms with van der Waals surface area (Å²) >= 11 is 1.55. The Kier molecular flexibility index (Phi) is 9.03. The summed E-state index contributed by atoms with van der Waals surface area (Å²) in [7, 11) is 0. The van der Waals surface area contributed by atoms with Crippen molar-refractivity contribution in [2.24, 2.45) is 0 Å². The molecule has 0 aromatic carbocycles. The summed E-state index contributed by atoms with van der Waals surface area (Å²) in [4.78, 5) is 22.1. The van der Waals surface area contributed by atoms with Gasteiger partial charge in [-0.2, -0.15) is 11.8 Å². The van der Waals surface area contributed by atoms with Crippen molar-refractivity contribution < 1.29 is 19.4 Å². The SMILES string of the molecule is CCCOCC(=O)NC(CCSC)C(=O)O. The number of carboxylic acids is 1. The Hall–Kier alpha value is -0.750. The van der Waals surface area contributed by atoms with Gasteiger partial charge < -0.3 is 15.2 Å². The van der Waals surface area contributed by atoms with Crippen molar-refractivity contribution in [1.29, 1.82) is 0 Å². The molecule has 16 heavy (non-hydrogen) atoms. The fraction of sp³-hybridized carbons (Fsp3) is 0.800. The van der Waals surface area contributed by atoms with Gasteiger partial charge in [0.15, 0.2) is 0 Å². The number of carboxylic acid groups (broad SMARTS) is 1. The molecule has 0 saturated carbocycles. The number of ether oxygens (including phenoxy) is 1. The van der Waals surface area contributed by atoms with E-state index in [0.717, 1.165) is 6.42 Å². The van der Waals surface area contributed by atoms with Crippen molar-refractivity contribution in [1.82, 2.24) is 5.32 Å². The van der Waals surface area contributed by atoms with E-state index in [1.165, 1.54) is 0 Å². The number of thioether (sulfide) groups is 1. The molecule has 0 bridgehead atoms. The average Bonchev–Trinajstić information content (AvgIpc) is 2.24. The molecule has 5 nitrogen and oxygen atoms in total. The van der Waals surface area contributed by atoms with Crippen LogP contribution >= 0.6 is 11.8 Å². The van der Waals surface area contributed by atoms with Crippen LogP contribution in [-0.4, -0.2) is 48.2 Å². The van der Waals surface area contributed by atoms with Gasteiger partial charge in [0.05, 0.1) is 0 Å². The molecule has 0 aliphatic heterocycles. The highest BCUT2D eigenvalue weighted by Gasteiger charge is 2.18. The minimum Gasteiger partial charge on any atom is -0.480 e. The highest BCUT2D eigenvalue weighted by Crippen LogP contribution is 2.00. The number of carbonyl (C=O) groups is 2. The van der Waals surface area contributed by atoms with Gasteiger partial charge in [0, 0.05) is 6.61 Å². The Morgan fingerprint density at radius 2 is 2.19 bits per heavy atom. The first-order chi connectivity index (χ1) is 7.61. The summed E-state index contributed by atoms with van der Waals surface area (Å²) in [6, 6.07) is -0.815. The fourth-order valence-electron chi connectivity index (χ4n) is 1.04. The lowest BCUT2D eigenvalue weighted by Crippen LogP contribution is -2.42. The van der Waals surface area contributed by atoms with Gasteiger partial charge in [-0.1, -0.05) is 6.92 Å². The van der Waals surface area contributed by atoms with Crippen LogP contribution in [0.4, 0.5) is 0 Å². The number of rotatable bonds is 9. The summed E-state index contributed by atoms with van der Waals surface area (Å²) in [5.74, 6) is -0.674. The van der Waals surface area contributed by atoms with Crippen LogP contribution in [0, 0.1) is 0 Å². The van der Waals surface area contributed by atoms with Crippen LogP contribution in [0.1, 0.15) is 19.8 Å². The molecular weight excluding hydrogens is 230 g/mol. The van der Waals surface area contributed by atoms with Crippen LogP contribution in [0.15, 0.2) is 0 Å². The third-order valence-corrected chi connectivity index (χ3v) is 2.47. The summed E-state index contributed by atoms with van der Waals surface area (Å²) in [6.07, 6.45) is 3.16. The zero-order chi connectivity index (χ0) is 12.4. The van der Waals surface area contributed by atoms with E-state index in [9.17, 15) is 9.59 Å². The number of amides is 1. The van der Waals surface area contributed by atoms with Gasteiger partial charge in [-0.3, -0.25) is 4.79 Å². The van der Waals surface area contributed by atoms with Crippen molar-refractivity contribution in [3.8, 4) is 0 Å². The van der Waals surface area contributed by atoms with Gasteiger partial charge in [-0.05, 0) is 24.9 Å². The molecule has 94 valence electrons.